The van der Waals surface area contributed by atoms with Crippen molar-refractivity contribution in [1.82, 2.24) is 0 Å². The van der Waals surface area contributed by atoms with Crippen molar-refractivity contribution >= 4 is 11.7 Å². The molecule has 6 nitrogen and oxygen atoms in total. The molecule has 3 rings (SSSR count). The van der Waals surface area contributed by atoms with Crippen molar-refractivity contribution in [3.63, 3.8) is 0 Å². The molecule has 1 aliphatic carbocycles. The number of nitro groups is 1. The molecule has 0 radical (unpaired) electrons. The number of non-ortho nitro benzene ring substituents is 1. The Labute approximate surface area is 122 Å². The summed E-state index contributed by atoms with van der Waals surface area (Å²) in [6.45, 7) is 4.78. The van der Waals surface area contributed by atoms with Crippen LogP contribution in [0.5, 0.6) is 0 Å². The predicted octanol–water partition coefficient (Wildman–Crippen LogP) is 2.57. The van der Waals surface area contributed by atoms with E-state index >= 15 is 0 Å². The molecule has 2 fully saturated rings. The first-order valence-corrected chi connectivity index (χ1v) is 6.98. The first kappa shape index (κ1) is 14.0. The van der Waals surface area contributed by atoms with Crippen LogP contribution >= 0.6 is 0 Å². The summed E-state index contributed by atoms with van der Waals surface area (Å²) in [7, 11) is 0. The quantitative estimate of drug-likeness (QED) is 0.486. The molecule has 1 heterocycles. The Morgan fingerprint density at radius 2 is 2.05 bits per heavy atom. The van der Waals surface area contributed by atoms with Crippen LogP contribution in [0.3, 0.4) is 0 Å². The van der Waals surface area contributed by atoms with E-state index < -0.39 is 10.9 Å². The number of nitro benzene ring substituents is 1. The minimum Gasteiger partial charge on any atom is -0.458 e. The Morgan fingerprint density at radius 1 is 1.38 bits per heavy atom. The van der Waals surface area contributed by atoms with E-state index in [4.69, 9.17) is 9.47 Å². The molecule has 1 saturated carbocycles. The van der Waals surface area contributed by atoms with Gasteiger partial charge in [0.05, 0.1) is 16.6 Å². The number of fused-ring (bicyclic) bond motifs is 1. The maximum absolute atomic E-state index is 12.2. The third kappa shape index (κ3) is 2.19. The van der Waals surface area contributed by atoms with Crippen LogP contribution < -0.4 is 0 Å². The SMILES string of the molecule is CC1(C)[C@@H]2OCC[C@@H]2[C@@H]1OC(=O)c1ccc([N+](=O)[O-])cc1. The summed E-state index contributed by atoms with van der Waals surface area (Å²) in [6.07, 6.45) is 0.909. The van der Waals surface area contributed by atoms with Crippen LogP contribution in [0.2, 0.25) is 0 Å². The van der Waals surface area contributed by atoms with Crippen molar-refractivity contribution in [1.29, 1.82) is 0 Å². The fourth-order valence-electron chi connectivity index (χ4n) is 3.42. The molecular formula is C15H17NO5. The van der Waals surface area contributed by atoms with E-state index in [-0.39, 0.29) is 29.2 Å². The highest BCUT2D eigenvalue weighted by atomic mass is 16.6. The molecule has 0 bridgehead atoms. The van der Waals surface area contributed by atoms with Gasteiger partial charge in [0.2, 0.25) is 0 Å². The molecule has 2 aliphatic rings. The lowest BCUT2D eigenvalue weighted by molar-refractivity contribution is -0.384. The standard InChI is InChI=1S/C15H17NO5/c1-15(2)12-11(7-8-20-12)13(15)21-14(17)9-3-5-10(6-4-9)16(18)19/h3-6,11-13H,7-8H2,1-2H3/t11-,12+,13-/m0/s1. The summed E-state index contributed by atoms with van der Waals surface area (Å²) in [5.74, 6) is -0.171. The van der Waals surface area contributed by atoms with Gasteiger partial charge in [-0.15, -0.1) is 0 Å². The monoisotopic (exact) mass is 291 g/mol. The van der Waals surface area contributed by atoms with E-state index in [0.717, 1.165) is 6.42 Å². The van der Waals surface area contributed by atoms with E-state index in [9.17, 15) is 14.9 Å². The second-order valence-corrected chi connectivity index (χ2v) is 6.20. The highest BCUT2D eigenvalue weighted by Crippen LogP contribution is 2.53. The lowest BCUT2D eigenvalue weighted by Crippen LogP contribution is -2.61. The normalized spacial score (nSPS) is 29.3. The fraction of sp³-hybridized carbons (Fsp3) is 0.533. The topological polar surface area (TPSA) is 78.7 Å². The van der Waals surface area contributed by atoms with Gasteiger partial charge < -0.3 is 9.47 Å². The van der Waals surface area contributed by atoms with Gasteiger partial charge in [0, 0.05) is 30.1 Å². The van der Waals surface area contributed by atoms with Crippen molar-refractivity contribution in [2.24, 2.45) is 11.3 Å². The number of hydrogen-bond acceptors (Lipinski definition) is 5. The summed E-state index contributed by atoms with van der Waals surface area (Å²) in [5.41, 5.74) is 0.107. The molecule has 0 aromatic heterocycles. The molecule has 1 aromatic rings. The number of esters is 1. The van der Waals surface area contributed by atoms with E-state index in [1.54, 1.807) is 0 Å². The second-order valence-electron chi connectivity index (χ2n) is 6.20. The van der Waals surface area contributed by atoms with Crippen LogP contribution in [0.4, 0.5) is 5.69 Å². The summed E-state index contributed by atoms with van der Waals surface area (Å²) in [4.78, 5) is 22.3. The van der Waals surface area contributed by atoms with Crippen LogP contribution in [0, 0.1) is 21.4 Å². The number of ether oxygens (including phenoxy) is 2. The van der Waals surface area contributed by atoms with Gasteiger partial charge in [-0.2, -0.15) is 0 Å². The molecule has 1 saturated heterocycles. The predicted molar refractivity (Wildman–Crippen MR) is 73.9 cm³/mol. The fourth-order valence-corrected chi connectivity index (χ4v) is 3.42. The van der Waals surface area contributed by atoms with Crippen molar-refractivity contribution in [2.45, 2.75) is 32.5 Å². The number of carbonyl (C=O) groups excluding carboxylic acids is 1. The maximum atomic E-state index is 12.2. The molecule has 6 heteroatoms. The number of carbonyl (C=O) groups is 1. The van der Waals surface area contributed by atoms with E-state index in [1.165, 1.54) is 24.3 Å². The van der Waals surface area contributed by atoms with Crippen molar-refractivity contribution in [3.8, 4) is 0 Å². The lowest BCUT2D eigenvalue weighted by Gasteiger charge is -2.53. The van der Waals surface area contributed by atoms with Crippen molar-refractivity contribution in [2.75, 3.05) is 6.61 Å². The van der Waals surface area contributed by atoms with Crippen LogP contribution in [0.15, 0.2) is 24.3 Å². The Bertz CT molecular complexity index is 580. The van der Waals surface area contributed by atoms with Gasteiger partial charge in [0.1, 0.15) is 6.10 Å². The highest BCUT2D eigenvalue weighted by molar-refractivity contribution is 5.89. The smallest absolute Gasteiger partial charge is 0.338 e. The molecule has 112 valence electrons. The highest BCUT2D eigenvalue weighted by Gasteiger charge is 2.61. The average Bonchev–Trinajstić information content (AvgIpc) is 2.91. The Hall–Kier alpha value is -1.95. The zero-order valence-electron chi connectivity index (χ0n) is 11.9. The number of hydrogen-bond donors (Lipinski definition) is 0. The Balaban J connectivity index is 1.70. The van der Waals surface area contributed by atoms with Crippen molar-refractivity contribution in [3.05, 3.63) is 39.9 Å². The lowest BCUT2D eigenvalue weighted by atomic mass is 9.59. The van der Waals surface area contributed by atoms with E-state index in [1.807, 2.05) is 13.8 Å². The summed E-state index contributed by atoms with van der Waals surface area (Å²) < 4.78 is 11.3. The van der Waals surface area contributed by atoms with Crippen LogP contribution in [-0.2, 0) is 9.47 Å². The molecule has 1 aliphatic heterocycles. The van der Waals surface area contributed by atoms with Gasteiger partial charge in [-0.1, -0.05) is 13.8 Å². The van der Waals surface area contributed by atoms with E-state index in [2.05, 4.69) is 0 Å². The molecule has 21 heavy (non-hydrogen) atoms. The van der Waals surface area contributed by atoms with Gasteiger partial charge in [-0.3, -0.25) is 10.1 Å². The van der Waals surface area contributed by atoms with Gasteiger partial charge >= 0.3 is 5.97 Å². The van der Waals surface area contributed by atoms with Gasteiger partial charge in [0.15, 0.2) is 0 Å². The molecule has 0 unspecified atom stereocenters. The van der Waals surface area contributed by atoms with Crippen molar-refractivity contribution < 1.29 is 19.2 Å². The van der Waals surface area contributed by atoms with Gasteiger partial charge in [0.25, 0.3) is 5.69 Å². The zero-order chi connectivity index (χ0) is 15.2. The third-order valence-corrected chi connectivity index (χ3v) is 4.54. The van der Waals surface area contributed by atoms with Crippen LogP contribution in [-0.4, -0.2) is 29.7 Å². The van der Waals surface area contributed by atoms with Gasteiger partial charge in [-0.25, -0.2) is 4.79 Å². The first-order chi connectivity index (χ1) is 9.91. The number of rotatable bonds is 3. The summed E-state index contributed by atoms with van der Waals surface area (Å²) >= 11 is 0. The third-order valence-electron chi connectivity index (χ3n) is 4.54. The van der Waals surface area contributed by atoms with Gasteiger partial charge in [-0.05, 0) is 18.6 Å². The molecule has 1 aromatic carbocycles. The largest absolute Gasteiger partial charge is 0.458 e. The minimum atomic E-state index is -0.495. The first-order valence-electron chi connectivity index (χ1n) is 6.98. The summed E-state index contributed by atoms with van der Waals surface area (Å²) in [6, 6.07) is 5.47. The average molecular weight is 291 g/mol. The molecular weight excluding hydrogens is 274 g/mol. The second kappa shape index (κ2) is 4.80. The van der Waals surface area contributed by atoms with Crippen LogP contribution in [0.1, 0.15) is 30.6 Å². The summed E-state index contributed by atoms with van der Waals surface area (Å²) in [5, 5.41) is 10.6. The number of nitrogens with zero attached hydrogens (tertiary/aromatic N) is 1. The molecule has 0 N–H and O–H groups in total. The Morgan fingerprint density at radius 3 is 2.67 bits per heavy atom. The molecule has 0 spiro atoms. The minimum absolute atomic E-state index is 0.0419. The Kier molecular flexibility index (Phi) is 3.20. The molecule has 3 atom stereocenters. The molecule has 0 amide bonds. The van der Waals surface area contributed by atoms with Crippen LogP contribution in [0.25, 0.3) is 0 Å². The zero-order valence-corrected chi connectivity index (χ0v) is 11.9. The van der Waals surface area contributed by atoms with E-state index in [0.29, 0.717) is 12.2 Å². The number of benzene rings is 1. The maximum Gasteiger partial charge on any atom is 0.338 e.